The van der Waals surface area contributed by atoms with Gasteiger partial charge >= 0.3 is 0 Å². The third kappa shape index (κ3) is 1.72. The van der Waals surface area contributed by atoms with Crippen LogP contribution in [0.25, 0.3) is 0 Å². The maximum Gasteiger partial charge on any atom is 0.214 e. The Kier molecular flexibility index (Phi) is 1.95. The summed E-state index contributed by atoms with van der Waals surface area (Å²) in [5.41, 5.74) is 3.60. The minimum atomic E-state index is -0.253. The van der Waals surface area contributed by atoms with E-state index in [0.717, 1.165) is 24.3 Å². The van der Waals surface area contributed by atoms with E-state index in [4.69, 9.17) is 4.84 Å². The van der Waals surface area contributed by atoms with Crippen molar-refractivity contribution in [1.29, 1.82) is 0 Å². The Hall–Kier alpha value is -1.42. The quantitative estimate of drug-likeness (QED) is 0.804. The molecule has 3 rings (SSSR count). The van der Waals surface area contributed by atoms with Crippen molar-refractivity contribution in [2.75, 3.05) is 0 Å². The molecule has 0 spiro atoms. The highest BCUT2D eigenvalue weighted by molar-refractivity contribution is 5.82. The summed E-state index contributed by atoms with van der Waals surface area (Å²) < 4.78 is 13.0. The molecule has 1 aliphatic heterocycles. The zero-order valence-corrected chi connectivity index (χ0v) is 8.11. The van der Waals surface area contributed by atoms with Crippen molar-refractivity contribution in [1.82, 2.24) is 5.48 Å². The Morgan fingerprint density at radius 3 is 3.00 bits per heavy atom. The first kappa shape index (κ1) is 8.85. The first-order valence-corrected chi connectivity index (χ1v) is 5.08. The summed E-state index contributed by atoms with van der Waals surface area (Å²) in [6.07, 6.45) is 2.04. The van der Waals surface area contributed by atoms with Gasteiger partial charge in [-0.05, 0) is 30.5 Å². The van der Waals surface area contributed by atoms with Gasteiger partial charge in [0.15, 0.2) is 6.17 Å². The normalized spacial score (nSPS) is 24.9. The minimum absolute atomic E-state index is 0.246. The monoisotopic (exact) mass is 206 g/mol. The molecule has 1 aromatic carbocycles. The number of nitrogens with one attached hydrogen (secondary N) is 1. The van der Waals surface area contributed by atoms with Crippen molar-refractivity contribution in [2.24, 2.45) is 10.9 Å². The van der Waals surface area contributed by atoms with Gasteiger partial charge in [0.25, 0.3) is 0 Å². The smallest absolute Gasteiger partial charge is 0.214 e. The highest BCUT2D eigenvalue weighted by Crippen LogP contribution is 2.34. The zero-order chi connectivity index (χ0) is 10.3. The Balaban J connectivity index is 1.83. The van der Waals surface area contributed by atoms with Crippen LogP contribution < -0.4 is 5.48 Å². The molecule has 4 heteroatoms. The SMILES string of the molecule is Fc1cccc(C2N=C(C3CC3)ON2)c1. The number of aliphatic imine (C=N–C) groups is 1. The molecule has 15 heavy (non-hydrogen) atoms. The lowest BCUT2D eigenvalue weighted by atomic mass is 10.2. The molecule has 2 aliphatic rings. The molecule has 1 aromatic rings. The molecule has 1 fully saturated rings. The fourth-order valence-corrected chi connectivity index (χ4v) is 1.63. The van der Waals surface area contributed by atoms with Crippen molar-refractivity contribution in [3.8, 4) is 0 Å². The Bertz CT molecular complexity index is 415. The largest absolute Gasteiger partial charge is 0.391 e. The summed E-state index contributed by atoms with van der Waals surface area (Å²) in [5, 5.41) is 0. The molecule has 1 heterocycles. The molecule has 1 unspecified atom stereocenters. The maximum atomic E-state index is 13.0. The van der Waals surface area contributed by atoms with Crippen LogP contribution in [0.2, 0.25) is 0 Å². The Morgan fingerprint density at radius 2 is 2.27 bits per heavy atom. The average molecular weight is 206 g/mol. The maximum absolute atomic E-state index is 13.0. The number of halogens is 1. The van der Waals surface area contributed by atoms with Gasteiger partial charge in [0, 0.05) is 5.92 Å². The summed E-state index contributed by atoms with van der Waals surface area (Å²) >= 11 is 0. The number of hydroxylamine groups is 1. The second-order valence-corrected chi connectivity index (χ2v) is 3.92. The van der Waals surface area contributed by atoms with Crippen molar-refractivity contribution in [2.45, 2.75) is 19.0 Å². The van der Waals surface area contributed by atoms with Crippen molar-refractivity contribution >= 4 is 5.90 Å². The molecule has 1 N–H and O–H groups in total. The molecular weight excluding hydrogens is 195 g/mol. The predicted molar refractivity (Wildman–Crippen MR) is 53.5 cm³/mol. The number of nitrogens with zero attached hydrogens (tertiary/aromatic N) is 1. The highest BCUT2D eigenvalue weighted by atomic mass is 19.1. The molecule has 0 aromatic heterocycles. The van der Waals surface area contributed by atoms with E-state index in [1.165, 1.54) is 12.1 Å². The van der Waals surface area contributed by atoms with Crippen LogP contribution in [0.1, 0.15) is 24.6 Å². The minimum Gasteiger partial charge on any atom is -0.391 e. The molecule has 1 aliphatic carbocycles. The van der Waals surface area contributed by atoms with Crippen molar-refractivity contribution in [3.63, 3.8) is 0 Å². The van der Waals surface area contributed by atoms with E-state index in [1.54, 1.807) is 6.07 Å². The number of rotatable bonds is 2. The van der Waals surface area contributed by atoms with E-state index >= 15 is 0 Å². The van der Waals surface area contributed by atoms with Crippen LogP contribution >= 0.6 is 0 Å². The van der Waals surface area contributed by atoms with Gasteiger partial charge in [-0.15, -0.1) is 5.48 Å². The van der Waals surface area contributed by atoms with E-state index in [0.29, 0.717) is 5.92 Å². The summed E-state index contributed by atoms with van der Waals surface area (Å²) in [6, 6.07) is 6.41. The lowest BCUT2D eigenvalue weighted by Gasteiger charge is -2.05. The van der Waals surface area contributed by atoms with Gasteiger partial charge in [-0.1, -0.05) is 12.1 Å². The second kappa shape index (κ2) is 3.31. The van der Waals surface area contributed by atoms with Gasteiger partial charge in [0.2, 0.25) is 5.90 Å². The number of hydrogen-bond donors (Lipinski definition) is 1. The first-order chi connectivity index (χ1) is 7.33. The van der Waals surface area contributed by atoms with E-state index in [2.05, 4.69) is 10.5 Å². The van der Waals surface area contributed by atoms with Crippen molar-refractivity contribution in [3.05, 3.63) is 35.6 Å². The van der Waals surface area contributed by atoms with Gasteiger partial charge < -0.3 is 4.84 Å². The van der Waals surface area contributed by atoms with Crippen LogP contribution in [0.3, 0.4) is 0 Å². The van der Waals surface area contributed by atoms with E-state index in [-0.39, 0.29) is 12.0 Å². The van der Waals surface area contributed by atoms with E-state index < -0.39 is 0 Å². The topological polar surface area (TPSA) is 33.6 Å². The van der Waals surface area contributed by atoms with Gasteiger partial charge in [0.05, 0.1) is 0 Å². The fourth-order valence-electron chi connectivity index (χ4n) is 1.63. The van der Waals surface area contributed by atoms with Crippen LogP contribution in [0, 0.1) is 11.7 Å². The average Bonchev–Trinajstić information content (AvgIpc) is 2.97. The fraction of sp³-hybridized carbons (Fsp3) is 0.364. The van der Waals surface area contributed by atoms with Gasteiger partial charge in [0.1, 0.15) is 5.82 Å². The summed E-state index contributed by atoms with van der Waals surface area (Å²) in [7, 11) is 0. The summed E-state index contributed by atoms with van der Waals surface area (Å²) in [5.74, 6) is 1.00. The molecule has 0 radical (unpaired) electrons. The highest BCUT2D eigenvalue weighted by Gasteiger charge is 2.34. The molecule has 0 bridgehead atoms. The molecule has 1 saturated carbocycles. The molecule has 0 saturated heterocycles. The lowest BCUT2D eigenvalue weighted by molar-refractivity contribution is 0.173. The lowest BCUT2D eigenvalue weighted by Crippen LogP contribution is -2.14. The van der Waals surface area contributed by atoms with Crippen LogP contribution in [-0.4, -0.2) is 5.90 Å². The molecule has 78 valence electrons. The van der Waals surface area contributed by atoms with Crippen LogP contribution in [0.4, 0.5) is 4.39 Å². The number of benzene rings is 1. The molecule has 3 nitrogen and oxygen atoms in total. The number of hydrogen-bond acceptors (Lipinski definition) is 3. The Morgan fingerprint density at radius 1 is 1.40 bits per heavy atom. The van der Waals surface area contributed by atoms with Gasteiger partial charge in [-0.25, -0.2) is 9.38 Å². The molecule has 0 amide bonds. The van der Waals surface area contributed by atoms with E-state index in [9.17, 15) is 4.39 Å². The molecule has 1 atom stereocenters. The predicted octanol–water partition coefficient (Wildman–Crippen LogP) is 2.17. The third-order valence-electron chi connectivity index (χ3n) is 2.62. The zero-order valence-electron chi connectivity index (χ0n) is 8.11. The standard InChI is InChI=1S/C11H11FN2O/c12-9-3-1-2-8(6-9)10-13-11(15-14-10)7-4-5-7/h1-3,6-7,10,14H,4-5H2. The van der Waals surface area contributed by atoms with E-state index in [1.807, 2.05) is 6.07 Å². The Labute approximate surface area is 86.9 Å². The second-order valence-electron chi connectivity index (χ2n) is 3.92. The third-order valence-corrected chi connectivity index (χ3v) is 2.62. The van der Waals surface area contributed by atoms with Gasteiger partial charge in [-0.2, -0.15) is 0 Å². The van der Waals surface area contributed by atoms with Crippen LogP contribution in [-0.2, 0) is 4.84 Å². The first-order valence-electron chi connectivity index (χ1n) is 5.08. The van der Waals surface area contributed by atoms with Crippen LogP contribution in [0.5, 0.6) is 0 Å². The summed E-state index contributed by atoms with van der Waals surface area (Å²) in [4.78, 5) is 9.64. The van der Waals surface area contributed by atoms with Crippen molar-refractivity contribution < 1.29 is 9.23 Å². The molecular formula is C11H11FN2O. The summed E-state index contributed by atoms with van der Waals surface area (Å²) in [6.45, 7) is 0. The van der Waals surface area contributed by atoms with Crippen LogP contribution in [0.15, 0.2) is 29.3 Å². The van der Waals surface area contributed by atoms with Gasteiger partial charge in [-0.3, -0.25) is 0 Å².